The average molecular weight is 553 g/mol. The maximum Gasteiger partial charge on any atom is 0.328 e. The van der Waals surface area contributed by atoms with Gasteiger partial charge < -0.3 is 31.2 Å². The number of hydrogen-bond acceptors (Lipinski definition) is 12. The Morgan fingerprint density at radius 3 is 1.39 bits per heavy atom. The zero-order valence-corrected chi connectivity index (χ0v) is 22.8. The van der Waals surface area contributed by atoms with Crippen LogP contribution < -0.4 is 22.1 Å². The lowest BCUT2D eigenvalue weighted by Gasteiger charge is -2.19. The number of rotatable bonds is 10. The van der Waals surface area contributed by atoms with E-state index < -0.39 is 24.0 Å². The number of carboxylic acids is 2. The van der Waals surface area contributed by atoms with Gasteiger partial charge in [0.1, 0.15) is 12.1 Å². The molecule has 36 heavy (non-hydrogen) atoms. The molecule has 0 bridgehead atoms. The molecule has 0 aromatic carbocycles. The van der Waals surface area contributed by atoms with Crippen LogP contribution in [0.3, 0.4) is 0 Å². The van der Waals surface area contributed by atoms with Crippen molar-refractivity contribution in [3.05, 3.63) is 12.2 Å². The molecule has 0 radical (unpaired) electrons. The van der Waals surface area contributed by atoms with Gasteiger partial charge in [-0.3, -0.25) is 20.2 Å². The number of carbonyl (C=O) groups excluding carboxylic acids is 2. The van der Waals surface area contributed by atoms with Gasteiger partial charge in [-0.2, -0.15) is 0 Å². The number of thioether (sulfide) groups is 2. The van der Waals surface area contributed by atoms with Gasteiger partial charge in [0, 0.05) is 36.7 Å². The first kappa shape index (κ1) is 34.2. The molecule has 2 saturated heterocycles. The molecule has 0 aromatic heterocycles. The monoisotopic (exact) mass is 552 g/mol. The normalized spacial score (nSPS) is 22.2. The second-order valence-corrected chi connectivity index (χ2v) is 10.4. The summed E-state index contributed by atoms with van der Waals surface area (Å²) in [7, 11) is 0. The van der Waals surface area contributed by atoms with Crippen LogP contribution in [0.4, 0.5) is 0 Å². The molecule has 0 saturated carbocycles. The minimum absolute atomic E-state index is 0.175. The third kappa shape index (κ3) is 15.3. The van der Waals surface area contributed by atoms with Crippen molar-refractivity contribution in [1.82, 2.24) is 10.6 Å². The first-order valence-electron chi connectivity index (χ1n) is 11.7. The van der Waals surface area contributed by atoms with Gasteiger partial charge in [-0.1, -0.05) is 40.5 Å². The third-order valence-corrected chi connectivity index (χ3v) is 7.25. The van der Waals surface area contributed by atoms with Crippen LogP contribution in [0.5, 0.6) is 0 Å². The van der Waals surface area contributed by atoms with Gasteiger partial charge in [0.2, 0.25) is 11.1 Å². The SMILES string of the molecule is CC[C@H](C)[C@H](N)C(=O)OC1NCCS1.CC[C@H](C)[C@H](N)C(=O)OC1NCCS1.O=C(O)/C=C/C(=O)O. The Balaban J connectivity index is 0.000000533. The first-order valence-corrected chi connectivity index (χ1v) is 13.8. The smallest absolute Gasteiger partial charge is 0.328 e. The molecular formula is C22H40N4O8S2. The lowest BCUT2D eigenvalue weighted by atomic mass is 10.0. The summed E-state index contributed by atoms with van der Waals surface area (Å²) in [5, 5.41) is 21.8. The largest absolute Gasteiger partial charge is 0.478 e. The van der Waals surface area contributed by atoms with Crippen LogP contribution in [-0.4, -0.2) is 81.9 Å². The van der Waals surface area contributed by atoms with Crippen molar-refractivity contribution < 1.29 is 38.9 Å². The molecule has 12 nitrogen and oxygen atoms in total. The van der Waals surface area contributed by atoms with Gasteiger partial charge in [-0.05, 0) is 11.8 Å². The van der Waals surface area contributed by atoms with Crippen molar-refractivity contribution in [3.8, 4) is 0 Å². The van der Waals surface area contributed by atoms with E-state index in [1.165, 1.54) is 0 Å². The van der Waals surface area contributed by atoms with E-state index in [9.17, 15) is 19.2 Å². The van der Waals surface area contributed by atoms with Gasteiger partial charge in [0.15, 0.2) is 0 Å². The van der Waals surface area contributed by atoms with E-state index in [2.05, 4.69) is 10.6 Å². The van der Waals surface area contributed by atoms with E-state index in [0.717, 1.165) is 37.4 Å². The van der Waals surface area contributed by atoms with Gasteiger partial charge in [-0.15, -0.1) is 23.5 Å². The molecule has 0 spiro atoms. The van der Waals surface area contributed by atoms with Crippen LogP contribution in [0.15, 0.2) is 12.2 Å². The number of nitrogens with two attached hydrogens (primary N) is 2. The number of nitrogens with one attached hydrogen (secondary N) is 2. The summed E-state index contributed by atoms with van der Waals surface area (Å²) >= 11 is 3.20. The molecule has 2 aliphatic heterocycles. The van der Waals surface area contributed by atoms with Crippen LogP contribution in [0, 0.1) is 11.8 Å². The second-order valence-electron chi connectivity index (χ2n) is 8.02. The minimum Gasteiger partial charge on any atom is -0.478 e. The Bertz CT molecular complexity index is 658. The zero-order valence-electron chi connectivity index (χ0n) is 21.2. The molecule has 14 heteroatoms. The highest BCUT2D eigenvalue weighted by molar-refractivity contribution is 8.00. The fourth-order valence-electron chi connectivity index (χ4n) is 2.44. The maximum atomic E-state index is 11.5. The number of carbonyl (C=O) groups is 4. The number of aliphatic carboxylic acids is 2. The van der Waals surface area contributed by atoms with Crippen molar-refractivity contribution in [2.75, 3.05) is 24.6 Å². The summed E-state index contributed by atoms with van der Waals surface area (Å²) in [6, 6.07) is -0.994. The Hall–Kier alpha value is -1.84. The Morgan fingerprint density at radius 2 is 1.17 bits per heavy atom. The van der Waals surface area contributed by atoms with Crippen LogP contribution in [0.25, 0.3) is 0 Å². The molecule has 2 fully saturated rings. The van der Waals surface area contributed by atoms with Crippen molar-refractivity contribution in [2.45, 2.75) is 63.7 Å². The molecule has 6 atom stereocenters. The fraction of sp³-hybridized carbons (Fsp3) is 0.727. The fourth-order valence-corrected chi connectivity index (χ4v) is 4.13. The van der Waals surface area contributed by atoms with Gasteiger partial charge in [-0.25, -0.2) is 9.59 Å². The molecule has 8 N–H and O–H groups in total. The van der Waals surface area contributed by atoms with E-state index >= 15 is 0 Å². The topological polar surface area (TPSA) is 203 Å². The lowest BCUT2D eigenvalue weighted by Crippen LogP contribution is -2.41. The molecule has 0 aliphatic carbocycles. The number of ether oxygens (including phenoxy) is 2. The summed E-state index contributed by atoms with van der Waals surface area (Å²) in [6.45, 7) is 9.73. The maximum absolute atomic E-state index is 11.5. The van der Waals surface area contributed by atoms with Gasteiger partial charge >= 0.3 is 23.9 Å². The third-order valence-electron chi connectivity index (χ3n) is 5.24. The van der Waals surface area contributed by atoms with Crippen molar-refractivity contribution >= 4 is 47.4 Å². The predicted molar refractivity (Wildman–Crippen MR) is 140 cm³/mol. The molecule has 2 unspecified atom stereocenters. The summed E-state index contributed by atoms with van der Waals surface area (Å²) in [5.41, 5.74) is 11.1. The van der Waals surface area contributed by atoms with Crippen LogP contribution in [0.2, 0.25) is 0 Å². The molecule has 2 heterocycles. The van der Waals surface area contributed by atoms with Crippen molar-refractivity contribution in [3.63, 3.8) is 0 Å². The number of esters is 2. The average Bonchev–Trinajstić information content (AvgIpc) is 3.56. The van der Waals surface area contributed by atoms with E-state index in [1.54, 1.807) is 23.5 Å². The van der Waals surface area contributed by atoms with Crippen LogP contribution >= 0.6 is 23.5 Å². The van der Waals surface area contributed by atoms with E-state index in [4.69, 9.17) is 31.2 Å². The second kappa shape index (κ2) is 19.3. The summed E-state index contributed by atoms with van der Waals surface area (Å²) < 4.78 is 10.4. The summed E-state index contributed by atoms with van der Waals surface area (Å²) in [6.07, 6.45) is 2.90. The first-order chi connectivity index (χ1) is 16.9. The standard InChI is InChI=1S/2C9H18N2O2S.C4H4O4/c2*1-3-6(2)7(10)8(12)13-9-11-4-5-14-9;5-3(6)1-2-4(7)8/h2*6-7,9,11H,3-5,10H2,1-2H3;1-2H,(H,5,6)(H,7,8)/b;;2-1+/t2*6-,7-,9?;/m00./s1. The van der Waals surface area contributed by atoms with E-state index in [0.29, 0.717) is 12.2 Å². The summed E-state index contributed by atoms with van der Waals surface area (Å²) in [4.78, 5) is 42.1. The highest BCUT2D eigenvalue weighted by Gasteiger charge is 2.27. The molecule has 0 amide bonds. The van der Waals surface area contributed by atoms with Gasteiger partial charge in [0.05, 0.1) is 0 Å². The highest BCUT2D eigenvalue weighted by atomic mass is 32.2. The van der Waals surface area contributed by atoms with Crippen LogP contribution in [-0.2, 0) is 28.7 Å². The van der Waals surface area contributed by atoms with E-state index in [1.807, 2.05) is 27.7 Å². The van der Waals surface area contributed by atoms with E-state index in [-0.39, 0.29) is 34.9 Å². The predicted octanol–water partition coefficient (Wildman–Crippen LogP) is 0.758. The Kier molecular flexibility index (Phi) is 18.3. The molecule has 208 valence electrons. The summed E-state index contributed by atoms with van der Waals surface area (Å²) in [5.74, 6) is -0.798. The minimum atomic E-state index is -1.26. The number of hydrogen-bond donors (Lipinski definition) is 6. The van der Waals surface area contributed by atoms with Crippen molar-refractivity contribution in [1.29, 1.82) is 0 Å². The molecule has 2 rings (SSSR count). The van der Waals surface area contributed by atoms with Gasteiger partial charge in [0.25, 0.3) is 0 Å². The van der Waals surface area contributed by atoms with Crippen molar-refractivity contribution in [2.24, 2.45) is 23.3 Å². The lowest BCUT2D eigenvalue weighted by molar-refractivity contribution is -0.149. The van der Waals surface area contributed by atoms with Crippen LogP contribution in [0.1, 0.15) is 40.5 Å². The number of carboxylic acid groups (broad SMARTS) is 2. The Labute approximate surface area is 220 Å². The highest BCUT2D eigenvalue weighted by Crippen LogP contribution is 2.17. The zero-order chi connectivity index (χ0) is 27.7. The molecule has 0 aromatic rings. The Morgan fingerprint density at radius 1 is 0.833 bits per heavy atom. The molecule has 2 aliphatic rings. The molecular weight excluding hydrogens is 512 g/mol. The quantitative estimate of drug-likeness (QED) is 0.164.